The third-order valence-corrected chi connectivity index (χ3v) is 8.14. The van der Waals surface area contributed by atoms with E-state index in [2.05, 4.69) is 21.2 Å². The highest BCUT2D eigenvalue weighted by Gasteiger charge is 2.33. The molecule has 0 saturated heterocycles. The Hall–Kier alpha value is -2.88. The molecular weight excluding hydrogens is 566 g/mol. The van der Waals surface area contributed by atoms with E-state index < -0.39 is 28.5 Å². The molecule has 36 heavy (non-hydrogen) atoms. The summed E-state index contributed by atoms with van der Waals surface area (Å²) in [5, 5.41) is 2.91. The molecule has 0 fully saturated rings. The summed E-state index contributed by atoms with van der Waals surface area (Å²) in [4.78, 5) is 27.8. The second-order valence-electron chi connectivity index (χ2n) is 7.99. The monoisotopic (exact) mass is 591 g/mol. The Balaban J connectivity index is 2.02. The molecule has 0 heterocycles. The molecule has 10 heteroatoms. The lowest BCUT2D eigenvalue weighted by Gasteiger charge is -2.32. The number of hydrogen-bond acceptors (Lipinski definition) is 4. The van der Waals surface area contributed by atoms with Crippen LogP contribution in [0, 0.1) is 0 Å². The molecule has 0 radical (unpaired) electrons. The van der Waals surface area contributed by atoms with E-state index in [1.807, 2.05) is 24.3 Å². The van der Waals surface area contributed by atoms with E-state index in [9.17, 15) is 18.0 Å². The summed E-state index contributed by atoms with van der Waals surface area (Å²) >= 11 is 9.77. The highest BCUT2D eigenvalue weighted by atomic mass is 79.9. The number of anilines is 1. The SMILES string of the molecule is CCNC(=O)[C@@H](C)N(Cc1ccc(Br)cc1)C(=O)CN(c1ccccc1Cl)S(=O)(=O)c1ccccc1. The maximum absolute atomic E-state index is 13.7. The molecule has 2 amide bonds. The number of carbonyl (C=O) groups is 2. The van der Waals surface area contributed by atoms with E-state index >= 15 is 0 Å². The molecule has 1 atom stereocenters. The molecule has 0 aromatic heterocycles. The standard InChI is InChI=1S/C26H27BrClN3O4S/c1-3-29-26(33)19(2)30(17-20-13-15-21(27)16-14-20)25(32)18-31(24-12-8-7-11-23(24)28)36(34,35)22-9-5-4-6-10-22/h4-16,19H,3,17-18H2,1-2H3,(H,29,33)/t19-/m1/s1. The zero-order valence-electron chi connectivity index (χ0n) is 19.9. The molecular formula is C26H27BrClN3O4S. The number of benzene rings is 3. The minimum atomic E-state index is -4.15. The molecule has 7 nitrogen and oxygen atoms in total. The average Bonchev–Trinajstić information content (AvgIpc) is 2.87. The largest absolute Gasteiger partial charge is 0.355 e. The Morgan fingerprint density at radius 1 is 0.972 bits per heavy atom. The van der Waals surface area contributed by atoms with Crippen molar-refractivity contribution in [3.05, 3.63) is 93.9 Å². The van der Waals surface area contributed by atoms with Crippen molar-refractivity contribution < 1.29 is 18.0 Å². The number of hydrogen-bond donors (Lipinski definition) is 1. The summed E-state index contributed by atoms with van der Waals surface area (Å²) in [6.07, 6.45) is 0. The van der Waals surface area contributed by atoms with Gasteiger partial charge in [-0.2, -0.15) is 0 Å². The first-order chi connectivity index (χ1) is 17.1. The third-order valence-electron chi connectivity index (χ3n) is 5.52. The molecule has 3 rings (SSSR count). The van der Waals surface area contributed by atoms with Crippen molar-refractivity contribution in [3.8, 4) is 0 Å². The first-order valence-corrected chi connectivity index (χ1v) is 13.9. The highest BCUT2D eigenvalue weighted by molar-refractivity contribution is 9.10. The van der Waals surface area contributed by atoms with Crippen LogP contribution in [0.15, 0.2) is 88.2 Å². The lowest BCUT2D eigenvalue weighted by Crippen LogP contribution is -2.51. The highest BCUT2D eigenvalue weighted by Crippen LogP contribution is 2.30. The maximum atomic E-state index is 13.7. The minimum Gasteiger partial charge on any atom is -0.355 e. The van der Waals surface area contributed by atoms with Gasteiger partial charge in [-0.05, 0) is 55.8 Å². The zero-order chi connectivity index (χ0) is 26.3. The van der Waals surface area contributed by atoms with Crippen molar-refractivity contribution in [1.82, 2.24) is 10.2 Å². The van der Waals surface area contributed by atoms with Gasteiger partial charge in [0.15, 0.2) is 0 Å². The number of likely N-dealkylation sites (N-methyl/N-ethyl adjacent to an activating group) is 1. The van der Waals surface area contributed by atoms with Crippen molar-refractivity contribution in [2.24, 2.45) is 0 Å². The fourth-order valence-corrected chi connectivity index (χ4v) is 5.58. The molecule has 0 spiro atoms. The Morgan fingerprint density at radius 3 is 2.19 bits per heavy atom. The van der Waals surface area contributed by atoms with Crippen molar-refractivity contribution in [1.29, 1.82) is 0 Å². The molecule has 3 aromatic carbocycles. The predicted octanol–water partition coefficient (Wildman–Crippen LogP) is 4.85. The van der Waals surface area contributed by atoms with Crippen molar-refractivity contribution >= 4 is 55.1 Å². The number of amides is 2. The first-order valence-electron chi connectivity index (χ1n) is 11.3. The molecule has 190 valence electrons. The van der Waals surface area contributed by atoms with Gasteiger partial charge < -0.3 is 10.2 Å². The van der Waals surface area contributed by atoms with Crippen LogP contribution in [0.3, 0.4) is 0 Å². The van der Waals surface area contributed by atoms with Gasteiger partial charge in [0, 0.05) is 17.6 Å². The number of halogens is 2. The fourth-order valence-electron chi connectivity index (χ4n) is 3.58. The number of nitrogens with one attached hydrogen (secondary N) is 1. The van der Waals surface area contributed by atoms with Crippen LogP contribution < -0.4 is 9.62 Å². The second kappa shape index (κ2) is 12.4. The van der Waals surface area contributed by atoms with Gasteiger partial charge in [-0.1, -0.05) is 70.0 Å². The van der Waals surface area contributed by atoms with Gasteiger partial charge in [-0.25, -0.2) is 8.42 Å². The summed E-state index contributed by atoms with van der Waals surface area (Å²) in [7, 11) is -4.15. The number of nitrogens with zero attached hydrogens (tertiary/aromatic N) is 2. The van der Waals surface area contributed by atoms with E-state index in [1.54, 1.807) is 56.3 Å². The Labute approximate surface area is 225 Å². The normalized spacial score (nSPS) is 12.0. The topological polar surface area (TPSA) is 86.8 Å². The summed E-state index contributed by atoms with van der Waals surface area (Å²) in [6.45, 7) is 3.38. The van der Waals surface area contributed by atoms with Crippen molar-refractivity contribution in [3.63, 3.8) is 0 Å². The van der Waals surface area contributed by atoms with Crippen LogP contribution in [0.2, 0.25) is 5.02 Å². The van der Waals surface area contributed by atoms with Gasteiger partial charge in [0.05, 0.1) is 15.6 Å². The predicted molar refractivity (Wildman–Crippen MR) is 145 cm³/mol. The molecule has 3 aromatic rings. The van der Waals surface area contributed by atoms with Crippen LogP contribution in [0.4, 0.5) is 5.69 Å². The Kier molecular flexibility index (Phi) is 9.53. The average molecular weight is 593 g/mol. The van der Waals surface area contributed by atoms with Crippen molar-refractivity contribution in [2.45, 2.75) is 31.3 Å². The summed E-state index contributed by atoms with van der Waals surface area (Å²) in [5.74, 6) is -0.880. The van der Waals surface area contributed by atoms with Gasteiger partial charge in [0.25, 0.3) is 10.0 Å². The number of carbonyl (C=O) groups excluding carboxylic acids is 2. The van der Waals surface area contributed by atoms with Gasteiger partial charge in [0.2, 0.25) is 11.8 Å². The lowest BCUT2D eigenvalue weighted by atomic mass is 10.1. The van der Waals surface area contributed by atoms with Gasteiger partial charge in [-0.3, -0.25) is 13.9 Å². The lowest BCUT2D eigenvalue weighted by molar-refractivity contribution is -0.139. The van der Waals surface area contributed by atoms with E-state index in [0.717, 1.165) is 14.3 Å². The van der Waals surface area contributed by atoms with Crippen LogP contribution in [-0.2, 0) is 26.2 Å². The molecule has 0 unspecified atom stereocenters. The summed E-state index contributed by atoms with van der Waals surface area (Å²) < 4.78 is 29.2. The maximum Gasteiger partial charge on any atom is 0.264 e. The van der Waals surface area contributed by atoms with Crippen LogP contribution in [0.1, 0.15) is 19.4 Å². The third kappa shape index (κ3) is 6.66. The van der Waals surface area contributed by atoms with E-state index in [4.69, 9.17) is 11.6 Å². The van der Waals surface area contributed by atoms with Gasteiger partial charge >= 0.3 is 0 Å². The van der Waals surface area contributed by atoms with Gasteiger partial charge in [0.1, 0.15) is 12.6 Å². The molecule has 0 aliphatic heterocycles. The van der Waals surface area contributed by atoms with E-state index in [1.165, 1.54) is 17.0 Å². The summed E-state index contributed by atoms with van der Waals surface area (Å²) in [5.41, 5.74) is 0.962. The smallest absolute Gasteiger partial charge is 0.264 e. The van der Waals surface area contributed by atoms with Crippen LogP contribution in [0.25, 0.3) is 0 Å². The van der Waals surface area contributed by atoms with E-state index in [-0.39, 0.29) is 28.1 Å². The quantitative estimate of drug-likeness (QED) is 0.365. The second-order valence-corrected chi connectivity index (χ2v) is 11.2. The zero-order valence-corrected chi connectivity index (χ0v) is 23.1. The number of rotatable bonds is 10. The van der Waals surface area contributed by atoms with E-state index in [0.29, 0.717) is 6.54 Å². The summed E-state index contributed by atoms with van der Waals surface area (Å²) in [6, 6.07) is 20.8. The Bertz CT molecular complexity index is 1300. The number of para-hydroxylation sites is 1. The first kappa shape index (κ1) is 27.7. The van der Waals surface area contributed by atoms with Crippen LogP contribution >= 0.6 is 27.5 Å². The fraction of sp³-hybridized carbons (Fsp3) is 0.231. The molecule has 0 aliphatic carbocycles. The number of sulfonamides is 1. The van der Waals surface area contributed by atoms with Crippen LogP contribution in [-0.4, -0.2) is 44.3 Å². The van der Waals surface area contributed by atoms with Crippen LogP contribution in [0.5, 0.6) is 0 Å². The molecule has 0 bridgehead atoms. The van der Waals surface area contributed by atoms with Crippen molar-refractivity contribution in [2.75, 3.05) is 17.4 Å². The molecule has 0 saturated carbocycles. The molecule has 0 aliphatic rings. The Morgan fingerprint density at radius 2 is 1.58 bits per heavy atom. The minimum absolute atomic E-state index is 0.0222. The van der Waals surface area contributed by atoms with Gasteiger partial charge in [-0.15, -0.1) is 0 Å². The molecule has 1 N–H and O–H groups in total.